The molecule has 0 bridgehead atoms. The predicted octanol–water partition coefficient (Wildman–Crippen LogP) is 6.82. The molecule has 2 saturated carbocycles. The Labute approximate surface area is 149 Å². The zero-order chi connectivity index (χ0) is 17.2. The molecule has 0 spiro atoms. The Balaban J connectivity index is 1.34. The molecule has 1 N–H and O–H groups in total. The fraction of sp³-hybridized carbons (Fsp3) is 0.955. The third-order valence-electron chi connectivity index (χ3n) is 6.55. The minimum absolute atomic E-state index is 0.352. The van der Waals surface area contributed by atoms with Crippen molar-refractivity contribution < 1.29 is 9.90 Å². The zero-order valence-corrected chi connectivity index (χ0v) is 16.0. The summed E-state index contributed by atoms with van der Waals surface area (Å²) in [5.41, 5.74) is 0. The molecule has 0 saturated heterocycles. The van der Waals surface area contributed by atoms with Crippen LogP contribution in [0.4, 0.5) is 0 Å². The highest BCUT2D eigenvalue weighted by Gasteiger charge is 2.35. The van der Waals surface area contributed by atoms with Gasteiger partial charge in [0.05, 0.1) is 0 Å². The van der Waals surface area contributed by atoms with Gasteiger partial charge >= 0.3 is 5.97 Å². The molecule has 0 amide bonds. The van der Waals surface area contributed by atoms with Gasteiger partial charge in [0.25, 0.3) is 0 Å². The van der Waals surface area contributed by atoms with Gasteiger partial charge in [-0.2, -0.15) is 0 Å². The van der Waals surface area contributed by atoms with E-state index in [1.165, 1.54) is 70.6 Å². The third-order valence-corrected chi connectivity index (χ3v) is 6.55. The van der Waals surface area contributed by atoms with Gasteiger partial charge in [0.2, 0.25) is 0 Å². The average Bonchev–Trinajstić information content (AvgIpc) is 2.47. The summed E-state index contributed by atoms with van der Waals surface area (Å²) in [5, 5.41) is 8.60. The Morgan fingerprint density at radius 2 is 1.25 bits per heavy atom. The normalized spacial score (nSPS) is 29.0. The summed E-state index contributed by atoms with van der Waals surface area (Å²) in [4.78, 5) is 10.4. The smallest absolute Gasteiger partial charge is 0.303 e. The fourth-order valence-electron chi connectivity index (χ4n) is 5.00. The topological polar surface area (TPSA) is 37.3 Å². The molecule has 24 heavy (non-hydrogen) atoms. The lowest BCUT2D eigenvalue weighted by Crippen LogP contribution is -2.31. The molecule has 2 fully saturated rings. The maximum atomic E-state index is 10.4. The average molecular weight is 337 g/mol. The number of carboxylic acid groups (broad SMARTS) is 1. The summed E-state index contributed by atoms with van der Waals surface area (Å²) >= 11 is 0. The quantitative estimate of drug-likeness (QED) is 0.353. The van der Waals surface area contributed by atoms with Gasteiger partial charge in [0, 0.05) is 6.42 Å². The predicted molar refractivity (Wildman–Crippen MR) is 101 cm³/mol. The highest BCUT2D eigenvalue weighted by molar-refractivity contribution is 5.66. The van der Waals surface area contributed by atoms with Crippen LogP contribution >= 0.6 is 0 Å². The second-order valence-electron chi connectivity index (χ2n) is 8.84. The van der Waals surface area contributed by atoms with Gasteiger partial charge in [-0.15, -0.1) is 0 Å². The molecule has 0 atom stereocenters. The number of carbonyl (C=O) groups is 1. The first-order chi connectivity index (χ1) is 11.7. The van der Waals surface area contributed by atoms with Crippen molar-refractivity contribution in [3.8, 4) is 0 Å². The molecule has 2 aliphatic carbocycles. The molecule has 2 heteroatoms. The van der Waals surface area contributed by atoms with Crippen LogP contribution in [0.1, 0.15) is 110 Å². The van der Waals surface area contributed by atoms with Gasteiger partial charge in [-0.1, -0.05) is 64.7 Å². The van der Waals surface area contributed by atoms with Gasteiger partial charge in [0.1, 0.15) is 0 Å². The van der Waals surface area contributed by atoms with E-state index in [4.69, 9.17) is 5.11 Å². The highest BCUT2D eigenvalue weighted by Crippen LogP contribution is 2.47. The second kappa shape index (κ2) is 11.2. The van der Waals surface area contributed by atoms with Gasteiger partial charge in [-0.3, -0.25) is 4.79 Å². The van der Waals surface area contributed by atoms with Crippen molar-refractivity contribution in [2.45, 2.75) is 110 Å². The Hall–Kier alpha value is -0.530. The van der Waals surface area contributed by atoms with E-state index in [-0.39, 0.29) is 0 Å². The van der Waals surface area contributed by atoms with Crippen LogP contribution in [0.5, 0.6) is 0 Å². The molecule has 2 aliphatic rings. The van der Waals surface area contributed by atoms with E-state index in [9.17, 15) is 4.79 Å². The summed E-state index contributed by atoms with van der Waals surface area (Å²) in [5.74, 6) is 3.60. The van der Waals surface area contributed by atoms with Gasteiger partial charge in [0.15, 0.2) is 0 Å². The van der Waals surface area contributed by atoms with Gasteiger partial charge in [-0.25, -0.2) is 0 Å². The van der Waals surface area contributed by atoms with Crippen LogP contribution in [-0.4, -0.2) is 11.1 Å². The van der Waals surface area contributed by atoms with Crippen LogP contribution in [-0.2, 0) is 4.79 Å². The van der Waals surface area contributed by atoms with Crippen molar-refractivity contribution in [1.29, 1.82) is 0 Å². The van der Waals surface area contributed by atoms with Crippen molar-refractivity contribution in [2.75, 3.05) is 0 Å². The lowest BCUT2D eigenvalue weighted by atomic mass is 9.63. The van der Waals surface area contributed by atoms with Crippen LogP contribution in [0.15, 0.2) is 0 Å². The molecule has 0 unspecified atom stereocenters. The maximum absolute atomic E-state index is 10.4. The number of hydrogen-bond acceptors (Lipinski definition) is 1. The SMILES string of the molecule is CCCCCC1CC(CC2CC(CCCCCCCC(=O)O)C2)C1. The van der Waals surface area contributed by atoms with Gasteiger partial charge < -0.3 is 5.11 Å². The first-order valence-electron chi connectivity index (χ1n) is 10.9. The molecule has 0 aromatic rings. The van der Waals surface area contributed by atoms with Crippen molar-refractivity contribution in [3.63, 3.8) is 0 Å². The third kappa shape index (κ3) is 7.57. The van der Waals surface area contributed by atoms with Gasteiger partial charge in [-0.05, 0) is 62.2 Å². The summed E-state index contributed by atoms with van der Waals surface area (Å²) in [7, 11) is 0. The number of unbranched alkanes of at least 4 members (excludes halogenated alkanes) is 6. The fourth-order valence-corrected chi connectivity index (χ4v) is 5.00. The Kier molecular flexibility index (Phi) is 9.20. The summed E-state index contributed by atoms with van der Waals surface area (Å²) in [6.45, 7) is 2.30. The van der Waals surface area contributed by atoms with Crippen molar-refractivity contribution in [3.05, 3.63) is 0 Å². The van der Waals surface area contributed by atoms with E-state index in [1.54, 1.807) is 12.8 Å². The van der Waals surface area contributed by atoms with E-state index in [1.807, 2.05) is 0 Å². The minimum atomic E-state index is -0.644. The van der Waals surface area contributed by atoms with Crippen molar-refractivity contribution >= 4 is 5.97 Å². The molecular formula is C22H40O2. The summed E-state index contributed by atoms with van der Waals surface area (Å²) in [6.07, 6.45) is 21.1. The Morgan fingerprint density at radius 1 is 0.750 bits per heavy atom. The van der Waals surface area contributed by atoms with E-state index in [0.29, 0.717) is 6.42 Å². The molecule has 140 valence electrons. The molecule has 0 heterocycles. The molecule has 0 aliphatic heterocycles. The van der Waals surface area contributed by atoms with E-state index >= 15 is 0 Å². The van der Waals surface area contributed by atoms with Crippen LogP contribution < -0.4 is 0 Å². The van der Waals surface area contributed by atoms with Crippen LogP contribution in [0, 0.1) is 23.7 Å². The number of carboxylic acids is 1. The largest absolute Gasteiger partial charge is 0.481 e. The van der Waals surface area contributed by atoms with E-state index < -0.39 is 5.97 Å². The lowest BCUT2D eigenvalue weighted by Gasteiger charge is -2.43. The zero-order valence-electron chi connectivity index (χ0n) is 16.0. The number of rotatable bonds is 14. The number of hydrogen-bond donors (Lipinski definition) is 1. The molecule has 0 aromatic heterocycles. The minimum Gasteiger partial charge on any atom is -0.481 e. The standard InChI is InChI=1S/C22H40O2/c1-2-3-7-10-18-13-20(14-18)17-21-15-19(16-21)11-8-5-4-6-9-12-22(23)24/h18-21H,2-17H2,1H3,(H,23,24). The van der Waals surface area contributed by atoms with E-state index in [0.717, 1.165) is 36.5 Å². The molecule has 0 aromatic carbocycles. The van der Waals surface area contributed by atoms with Crippen LogP contribution in [0.2, 0.25) is 0 Å². The first-order valence-corrected chi connectivity index (χ1v) is 10.9. The van der Waals surface area contributed by atoms with E-state index in [2.05, 4.69) is 6.92 Å². The van der Waals surface area contributed by atoms with Crippen molar-refractivity contribution in [1.82, 2.24) is 0 Å². The van der Waals surface area contributed by atoms with Crippen LogP contribution in [0.3, 0.4) is 0 Å². The molecule has 2 nitrogen and oxygen atoms in total. The molecular weight excluding hydrogens is 296 g/mol. The second-order valence-corrected chi connectivity index (χ2v) is 8.84. The maximum Gasteiger partial charge on any atom is 0.303 e. The lowest BCUT2D eigenvalue weighted by molar-refractivity contribution is -0.137. The number of aliphatic carboxylic acids is 1. The van der Waals surface area contributed by atoms with Crippen molar-refractivity contribution in [2.24, 2.45) is 23.7 Å². The highest BCUT2D eigenvalue weighted by atomic mass is 16.4. The summed E-state index contributed by atoms with van der Waals surface area (Å²) in [6, 6.07) is 0. The Morgan fingerprint density at radius 3 is 1.79 bits per heavy atom. The first kappa shape index (κ1) is 19.8. The summed E-state index contributed by atoms with van der Waals surface area (Å²) < 4.78 is 0. The molecule has 2 rings (SSSR count). The Bertz CT molecular complexity index is 340. The monoisotopic (exact) mass is 336 g/mol. The molecule has 0 radical (unpaired) electrons. The van der Waals surface area contributed by atoms with Crippen LogP contribution in [0.25, 0.3) is 0 Å².